The zero-order valence-corrected chi connectivity index (χ0v) is 13.5. The molecule has 1 atom stereocenters. The Morgan fingerprint density at radius 2 is 1.56 bits per heavy atom. The van der Waals surface area contributed by atoms with Gasteiger partial charge in [-0.15, -0.1) is 0 Å². The molecule has 2 heteroatoms. The maximum atomic E-state index is 12.4. The lowest BCUT2D eigenvalue weighted by Crippen LogP contribution is -2.43. The number of hydrogen-bond donors (Lipinski definition) is 1. The van der Waals surface area contributed by atoms with Gasteiger partial charge in [-0.25, -0.2) is 0 Å². The molecule has 0 aromatic rings. The molecule has 0 spiro atoms. The topological polar surface area (TPSA) is 29.1 Å². The summed E-state index contributed by atoms with van der Waals surface area (Å²) in [4.78, 5) is 12.4. The SMILES string of the molecule is CCNC(CCC(C)(CC)CC)C(=O)C(C)(C)C. The molecule has 0 bridgehead atoms. The average molecular weight is 255 g/mol. The Balaban J connectivity index is 4.60. The van der Waals surface area contributed by atoms with Crippen molar-refractivity contribution in [2.24, 2.45) is 10.8 Å². The number of likely N-dealkylation sites (N-methyl/N-ethyl adjacent to an activating group) is 1. The van der Waals surface area contributed by atoms with E-state index in [4.69, 9.17) is 0 Å². The summed E-state index contributed by atoms with van der Waals surface area (Å²) in [7, 11) is 0. The molecule has 1 unspecified atom stereocenters. The number of rotatable bonds is 8. The van der Waals surface area contributed by atoms with E-state index in [9.17, 15) is 4.79 Å². The second-order valence-corrected chi connectivity index (χ2v) is 6.78. The molecule has 2 nitrogen and oxygen atoms in total. The van der Waals surface area contributed by atoms with Gasteiger partial charge in [0.15, 0.2) is 5.78 Å². The summed E-state index contributed by atoms with van der Waals surface area (Å²) in [5, 5.41) is 3.36. The molecule has 18 heavy (non-hydrogen) atoms. The minimum atomic E-state index is -0.248. The highest BCUT2D eigenvalue weighted by molar-refractivity contribution is 5.88. The first-order valence-corrected chi connectivity index (χ1v) is 7.48. The number of carbonyl (C=O) groups excluding carboxylic acids is 1. The third-order valence-electron chi connectivity index (χ3n) is 4.25. The highest BCUT2D eigenvalue weighted by Gasteiger charge is 2.30. The second-order valence-electron chi connectivity index (χ2n) is 6.78. The van der Waals surface area contributed by atoms with Crippen LogP contribution in [-0.4, -0.2) is 18.4 Å². The van der Waals surface area contributed by atoms with Crippen LogP contribution in [0.25, 0.3) is 0 Å². The molecule has 0 saturated heterocycles. The van der Waals surface area contributed by atoms with E-state index in [1.54, 1.807) is 0 Å². The van der Waals surface area contributed by atoms with Crippen LogP contribution in [0.3, 0.4) is 0 Å². The highest BCUT2D eigenvalue weighted by Crippen LogP contribution is 2.32. The van der Waals surface area contributed by atoms with E-state index in [0.29, 0.717) is 11.2 Å². The molecule has 0 aliphatic carbocycles. The number of ketones is 1. The maximum Gasteiger partial charge on any atom is 0.155 e. The Morgan fingerprint density at radius 1 is 1.06 bits per heavy atom. The zero-order valence-electron chi connectivity index (χ0n) is 13.5. The van der Waals surface area contributed by atoms with Crippen LogP contribution < -0.4 is 5.32 Å². The Hall–Kier alpha value is -0.370. The van der Waals surface area contributed by atoms with Crippen LogP contribution in [0.1, 0.15) is 74.1 Å². The first-order valence-electron chi connectivity index (χ1n) is 7.48. The molecule has 108 valence electrons. The molecule has 0 aromatic carbocycles. The van der Waals surface area contributed by atoms with Crippen molar-refractivity contribution in [3.8, 4) is 0 Å². The minimum Gasteiger partial charge on any atom is -0.308 e. The molecule has 0 heterocycles. The van der Waals surface area contributed by atoms with E-state index >= 15 is 0 Å². The third-order valence-corrected chi connectivity index (χ3v) is 4.25. The standard InChI is InChI=1S/C16H33NO/c1-8-16(7,9-2)12-11-13(17-10-3)14(18)15(4,5)6/h13,17H,8-12H2,1-7H3. The Morgan fingerprint density at radius 3 is 1.89 bits per heavy atom. The smallest absolute Gasteiger partial charge is 0.155 e. The molecule has 0 aliphatic rings. The van der Waals surface area contributed by atoms with Gasteiger partial charge in [0.05, 0.1) is 6.04 Å². The highest BCUT2D eigenvalue weighted by atomic mass is 16.1. The predicted molar refractivity (Wildman–Crippen MR) is 79.8 cm³/mol. The Kier molecular flexibility index (Phi) is 7.13. The van der Waals surface area contributed by atoms with E-state index in [1.165, 1.54) is 12.8 Å². The van der Waals surface area contributed by atoms with Gasteiger partial charge in [-0.2, -0.15) is 0 Å². The summed E-state index contributed by atoms with van der Waals surface area (Å²) >= 11 is 0. The molecule has 1 N–H and O–H groups in total. The lowest BCUT2D eigenvalue weighted by Gasteiger charge is -2.31. The molecule has 0 radical (unpaired) electrons. The molecule has 0 amide bonds. The summed E-state index contributed by atoms with van der Waals surface area (Å²) in [6, 6.07) is 0.0208. The first-order chi connectivity index (χ1) is 8.20. The normalized spacial score (nSPS) is 14.6. The lowest BCUT2D eigenvalue weighted by atomic mass is 9.77. The van der Waals surface area contributed by atoms with Crippen LogP contribution >= 0.6 is 0 Å². The van der Waals surface area contributed by atoms with E-state index in [-0.39, 0.29) is 11.5 Å². The van der Waals surface area contributed by atoms with E-state index < -0.39 is 0 Å². The van der Waals surface area contributed by atoms with E-state index in [0.717, 1.165) is 19.4 Å². The van der Waals surface area contributed by atoms with Gasteiger partial charge in [-0.1, -0.05) is 61.3 Å². The van der Waals surface area contributed by atoms with Crippen LogP contribution in [0.4, 0.5) is 0 Å². The van der Waals surface area contributed by atoms with Crippen LogP contribution in [0.5, 0.6) is 0 Å². The molecule has 0 saturated carbocycles. The van der Waals surface area contributed by atoms with E-state index in [2.05, 4.69) is 33.0 Å². The van der Waals surface area contributed by atoms with Gasteiger partial charge in [0.25, 0.3) is 0 Å². The van der Waals surface area contributed by atoms with Crippen molar-refractivity contribution in [2.45, 2.75) is 80.2 Å². The largest absolute Gasteiger partial charge is 0.308 e. The van der Waals surface area contributed by atoms with Crippen molar-refractivity contribution >= 4 is 5.78 Å². The first kappa shape index (κ1) is 17.6. The van der Waals surface area contributed by atoms with Crippen LogP contribution in [-0.2, 0) is 4.79 Å². The van der Waals surface area contributed by atoms with Crippen molar-refractivity contribution in [1.82, 2.24) is 5.32 Å². The fraction of sp³-hybridized carbons (Fsp3) is 0.938. The maximum absolute atomic E-state index is 12.4. The molecule has 0 aliphatic heterocycles. The van der Waals surface area contributed by atoms with Gasteiger partial charge >= 0.3 is 0 Å². The molecular weight excluding hydrogens is 222 g/mol. The molecule has 0 fully saturated rings. The predicted octanol–water partition coefficient (Wildman–Crippen LogP) is 4.19. The summed E-state index contributed by atoms with van der Waals surface area (Å²) in [5.41, 5.74) is 0.132. The number of carbonyl (C=O) groups is 1. The monoisotopic (exact) mass is 255 g/mol. The lowest BCUT2D eigenvalue weighted by molar-refractivity contribution is -0.128. The van der Waals surface area contributed by atoms with Crippen molar-refractivity contribution in [3.05, 3.63) is 0 Å². The fourth-order valence-corrected chi connectivity index (χ4v) is 2.19. The third kappa shape index (κ3) is 5.51. The van der Waals surface area contributed by atoms with Crippen molar-refractivity contribution in [3.63, 3.8) is 0 Å². The fourth-order valence-electron chi connectivity index (χ4n) is 2.19. The van der Waals surface area contributed by atoms with Gasteiger partial charge in [0.2, 0.25) is 0 Å². The minimum absolute atomic E-state index is 0.0208. The summed E-state index contributed by atoms with van der Waals surface area (Å²) in [6.07, 6.45) is 4.46. The molecule has 0 aromatic heterocycles. The summed E-state index contributed by atoms with van der Waals surface area (Å²) < 4.78 is 0. The number of nitrogens with one attached hydrogen (secondary N) is 1. The van der Waals surface area contributed by atoms with Gasteiger partial charge in [0, 0.05) is 5.41 Å². The summed E-state index contributed by atoms with van der Waals surface area (Å²) in [5.74, 6) is 0.346. The molecular formula is C16H33NO. The van der Waals surface area contributed by atoms with Gasteiger partial charge in [0.1, 0.15) is 0 Å². The van der Waals surface area contributed by atoms with Crippen LogP contribution in [0, 0.1) is 10.8 Å². The van der Waals surface area contributed by atoms with Crippen molar-refractivity contribution < 1.29 is 4.79 Å². The second kappa shape index (κ2) is 7.28. The van der Waals surface area contributed by atoms with Crippen molar-refractivity contribution in [1.29, 1.82) is 0 Å². The van der Waals surface area contributed by atoms with Crippen molar-refractivity contribution in [2.75, 3.05) is 6.54 Å². The molecule has 0 rings (SSSR count). The van der Waals surface area contributed by atoms with Gasteiger partial charge < -0.3 is 5.32 Å². The number of Topliss-reactive ketones (excluding diaryl/α,β-unsaturated/α-hetero) is 1. The summed E-state index contributed by atoms with van der Waals surface area (Å²) in [6.45, 7) is 15.8. The van der Waals surface area contributed by atoms with Crippen LogP contribution in [0.2, 0.25) is 0 Å². The van der Waals surface area contributed by atoms with Gasteiger partial charge in [-0.05, 0) is 24.8 Å². The Bertz CT molecular complexity index is 248. The Labute approximate surface area is 114 Å². The average Bonchev–Trinajstić information content (AvgIpc) is 2.32. The van der Waals surface area contributed by atoms with Crippen LogP contribution in [0.15, 0.2) is 0 Å². The van der Waals surface area contributed by atoms with Gasteiger partial charge in [-0.3, -0.25) is 4.79 Å². The zero-order chi connectivity index (χ0) is 14.4. The number of hydrogen-bond acceptors (Lipinski definition) is 2. The quantitative estimate of drug-likeness (QED) is 0.704. The van der Waals surface area contributed by atoms with E-state index in [1.807, 2.05) is 20.8 Å².